The number of fused-ring (bicyclic) bond motifs is 1. The Morgan fingerprint density at radius 3 is 2.64 bits per heavy atom. The van der Waals surface area contributed by atoms with Crippen LogP contribution in [0.15, 0.2) is 36.5 Å². The summed E-state index contributed by atoms with van der Waals surface area (Å²) in [5, 5.41) is 3.31. The molecule has 1 aromatic carbocycles. The summed E-state index contributed by atoms with van der Waals surface area (Å²) < 4.78 is 2.16. The van der Waals surface area contributed by atoms with Crippen LogP contribution >= 0.6 is 0 Å². The third-order valence-corrected chi connectivity index (χ3v) is 3.84. The summed E-state index contributed by atoms with van der Waals surface area (Å²) in [4.78, 5) is 25.5. The zero-order chi connectivity index (χ0) is 15.7. The van der Waals surface area contributed by atoms with Crippen LogP contribution in [-0.4, -0.2) is 41.9 Å². The summed E-state index contributed by atoms with van der Waals surface area (Å²) in [6.45, 7) is 1.88. The molecule has 1 aromatic heterocycles. The molecule has 1 aliphatic rings. The molecule has 2 amide bonds. The minimum Gasteiger partial charge on any atom is -0.347 e. The van der Waals surface area contributed by atoms with Crippen LogP contribution in [0.2, 0.25) is 0 Å². The van der Waals surface area contributed by atoms with E-state index in [1.54, 1.807) is 0 Å². The fourth-order valence-corrected chi connectivity index (χ4v) is 2.82. The normalized spacial score (nSPS) is 14.8. The smallest absolute Gasteiger partial charge is 0.258 e. The second-order valence-electron chi connectivity index (χ2n) is 5.79. The van der Waals surface area contributed by atoms with E-state index in [2.05, 4.69) is 28.9 Å². The van der Waals surface area contributed by atoms with E-state index in [1.807, 2.05) is 30.5 Å². The Labute approximate surface area is 129 Å². The maximum atomic E-state index is 11.9. The standard InChI is InChI=1S/C17H19N3O2/c1-19(2)8-5-9-20-11-14(12-6-3-4-7-15(12)20)13-10-16(21)18-17(13)22/h3-4,6-7,10-11H,5,8-9H2,1-2H3,(H,18,21,22). The Bertz CT molecular complexity index is 771. The molecular weight excluding hydrogens is 278 g/mol. The van der Waals surface area contributed by atoms with Crippen molar-refractivity contribution in [3.05, 3.63) is 42.1 Å². The molecule has 0 aliphatic carbocycles. The molecular formula is C17H19N3O2. The largest absolute Gasteiger partial charge is 0.347 e. The minimum atomic E-state index is -0.343. The molecule has 0 atom stereocenters. The molecule has 5 nitrogen and oxygen atoms in total. The van der Waals surface area contributed by atoms with E-state index in [9.17, 15) is 9.59 Å². The Kier molecular flexibility index (Phi) is 3.81. The van der Waals surface area contributed by atoms with Gasteiger partial charge in [-0.3, -0.25) is 14.9 Å². The molecule has 2 aromatic rings. The molecule has 2 heterocycles. The number of aromatic nitrogens is 1. The van der Waals surface area contributed by atoms with Gasteiger partial charge in [0.15, 0.2) is 0 Å². The topological polar surface area (TPSA) is 54.3 Å². The Morgan fingerprint density at radius 2 is 1.95 bits per heavy atom. The maximum Gasteiger partial charge on any atom is 0.258 e. The SMILES string of the molecule is CN(C)CCCn1cc(C2=CC(=O)NC2=O)c2ccccc21. The lowest BCUT2D eigenvalue weighted by atomic mass is 10.1. The number of carbonyl (C=O) groups is 2. The van der Waals surface area contributed by atoms with Crippen molar-refractivity contribution in [2.24, 2.45) is 0 Å². The summed E-state index contributed by atoms with van der Waals surface area (Å²) in [6, 6.07) is 7.97. The van der Waals surface area contributed by atoms with Gasteiger partial charge >= 0.3 is 0 Å². The molecule has 0 bridgehead atoms. The molecule has 0 saturated carbocycles. The van der Waals surface area contributed by atoms with Crippen molar-refractivity contribution in [3.8, 4) is 0 Å². The van der Waals surface area contributed by atoms with Crippen LogP contribution in [-0.2, 0) is 16.1 Å². The fourth-order valence-electron chi connectivity index (χ4n) is 2.82. The monoisotopic (exact) mass is 297 g/mol. The van der Waals surface area contributed by atoms with Crippen LogP contribution in [0.4, 0.5) is 0 Å². The van der Waals surface area contributed by atoms with Crippen LogP contribution in [0, 0.1) is 0 Å². The number of imide groups is 1. The van der Waals surface area contributed by atoms with Crippen molar-refractivity contribution in [1.82, 2.24) is 14.8 Å². The van der Waals surface area contributed by atoms with Crippen molar-refractivity contribution in [1.29, 1.82) is 0 Å². The number of hydrogen-bond donors (Lipinski definition) is 1. The van der Waals surface area contributed by atoms with Crippen LogP contribution in [0.3, 0.4) is 0 Å². The highest BCUT2D eigenvalue weighted by Gasteiger charge is 2.25. The van der Waals surface area contributed by atoms with Gasteiger partial charge in [-0.15, -0.1) is 0 Å². The van der Waals surface area contributed by atoms with Crippen molar-refractivity contribution in [3.63, 3.8) is 0 Å². The number of rotatable bonds is 5. The predicted molar refractivity (Wildman–Crippen MR) is 86.2 cm³/mol. The average Bonchev–Trinajstić information content (AvgIpc) is 2.99. The number of hydrogen-bond acceptors (Lipinski definition) is 3. The number of aryl methyl sites for hydroxylation is 1. The molecule has 0 spiro atoms. The zero-order valence-corrected chi connectivity index (χ0v) is 12.8. The van der Waals surface area contributed by atoms with Gasteiger partial charge in [0.2, 0.25) is 0 Å². The lowest BCUT2D eigenvalue weighted by Gasteiger charge is -2.10. The quantitative estimate of drug-likeness (QED) is 0.854. The molecule has 114 valence electrons. The second kappa shape index (κ2) is 5.77. The van der Waals surface area contributed by atoms with Gasteiger partial charge in [-0.05, 0) is 33.1 Å². The summed E-state index contributed by atoms with van der Waals surface area (Å²) in [7, 11) is 4.11. The van der Waals surface area contributed by atoms with Gasteiger partial charge in [0, 0.05) is 35.3 Å². The Hall–Kier alpha value is -2.40. The highest BCUT2D eigenvalue weighted by atomic mass is 16.2. The number of nitrogens with zero attached hydrogens (tertiary/aromatic N) is 2. The molecule has 5 heteroatoms. The first kappa shape index (κ1) is 14.5. The zero-order valence-electron chi connectivity index (χ0n) is 12.8. The van der Waals surface area contributed by atoms with Crippen molar-refractivity contribution in [2.75, 3.05) is 20.6 Å². The van der Waals surface area contributed by atoms with Crippen molar-refractivity contribution < 1.29 is 9.59 Å². The number of amides is 2. The summed E-state index contributed by atoms with van der Waals surface area (Å²) >= 11 is 0. The molecule has 0 saturated heterocycles. The molecule has 0 radical (unpaired) electrons. The van der Waals surface area contributed by atoms with Gasteiger partial charge in [-0.25, -0.2) is 0 Å². The maximum absolute atomic E-state index is 11.9. The van der Waals surface area contributed by atoms with Crippen molar-refractivity contribution in [2.45, 2.75) is 13.0 Å². The molecule has 22 heavy (non-hydrogen) atoms. The van der Waals surface area contributed by atoms with Gasteiger partial charge in [-0.1, -0.05) is 18.2 Å². The first-order valence-corrected chi connectivity index (χ1v) is 7.36. The Balaban J connectivity index is 1.99. The van der Waals surface area contributed by atoms with Crippen LogP contribution in [0.25, 0.3) is 16.5 Å². The van der Waals surface area contributed by atoms with E-state index >= 15 is 0 Å². The van der Waals surface area contributed by atoms with Crippen LogP contribution < -0.4 is 5.32 Å². The third-order valence-electron chi connectivity index (χ3n) is 3.84. The highest BCUT2D eigenvalue weighted by Crippen LogP contribution is 2.29. The molecule has 0 fully saturated rings. The van der Waals surface area contributed by atoms with Crippen LogP contribution in [0.5, 0.6) is 0 Å². The molecule has 3 rings (SSSR count). The fraction of sp³-hybridized carbons (Fsp3) is 0.294. The van der Waals surface area contributed by atoms with E-state index in [0.717, 1.165) is 36.0 Å². The van der Waals surface area contributed by atoms with E-state index < -0.39 is 0 Å². The summed E-state index contributed by atoms with van der Waals surface area (Å²) in [6.07, 6.45) is 4.38. The van der Waals surface area contributed by atoms with E-state index in [1.165, 1.54) is 6.08 Å². The molecule has 1 N–H and O–H groups in total. The first-order chi connectivity index (χ1) is 10.6. The van der Waals surface area contributed by atoms with Gasteiger partial charge < -0.3 is 9.47 Å². The highest BCUT2D eigenvalue weighted by molar-refractivity contribution is 6.35. The number of carbonyl (C=O) groups excluding carboxylic acids is 2. The number of nitrogens with one attached hydrogen (secondary N) is 1. The predicted octanol–water partition coefficient (Wildman–Crippen LogP) is 1.63. The van der Waals surface area contributed by atoms with Gasteiger partial charge in [0.05, 0.1) is 5.57 Å². The van der Waals surface area contributed by atoms with Gasteiger partial charge in [-0.2, -0.15) is 0 Å². The third kappa shape index (κ3) is 2.67. The minimum absolute atomic E-state index is 0.318. The van der Waals surface area contributed by atoms with E-state index in [-0.39, 0.29) is 11.8 Å². The van der Waals surface area contributed by atoms with E-state index in [0.29, 0.717) is 5.57 Å². The lowest BCUT2D eigenvalue weighted by molar-refractivity contribution is -0.123. The first-order valence-electron chi connectivity index (χ1n) is 7.36. The van der Waals surface area contributed by atoms with Crippen LogP contribution in [0.1, 0.15) is 12.0 Å². The second-order valence-corrected chi connectivity index (χ2v) is 5.79. The van der Waals surface area contributed by atoms with Gasteiger partial charge in [0.1, 0.15) is 0 Å². The Morgan fingerprint density at radius 1 is 1.18 bits per heavy atom. The van der Waals surface area contributed by atoms with E-state index in [4.69, 9.17) is 0 Å². The molecule has 1 aliphatic heterocycles. The summed E-state index contributed by atoms with van der Waals surface area (Å²) in [5.74, 6) is -0.661. The molecule has 0 unspecified atom stereocenters. The van der Waals surface area contributed by atoms with Crippen molar-refractivity contribution >= 4 is 28.3 Å². The number of benzene rings is 1. The van der Waals surface area contributed by atoms with Gasteiger partial charge in [0.25, 0.3) is 11.8 Å². The lowest BCUT2D eigenvalue weighted by Crippen LogP contribution is -2.21. The number of para-hydroxylation sites is 1. The average molecular weight is 297 g/mol. The summed E-state index contributed by atoms with van der Waals surface area (Å²) in [5.41, 5.74) is 2.36.